The van der Waals surface area contributed by atoms with Gasteiger partial charge in [0, 0.05) is 12.1 Å². The van der Waals surface area contributed by atoms with Crippen LogP contribution >= 0.6 is 11.6 Å². The maximum atomic E-state index is 6.07. The molecule has 3 nitrogen and oxygen atoms in total. The Kier molecular flexibility index (Phi) is 5.56. The maximum Gasteiger partial charge on any atom is 0.169 e. The van der Waals surface area contributed by atoms with Crippen molar-refractivity contribution in [1.82, 2.24) is 4.98 Å². The van der Waals surface area contributed by atoms with Crippen LogP contribution < -0.4 is 10.1 Å². The van der Waals surface area contributed by atoms with Gasteiger partial charge in [-0.15, -0.1) is 11.6 Å². The second-order valence-electron chi connectivity index (χ2n) is 4.03. The predicted molar refractivity (Wildman–Crippen MR) is 73.1 cm³/mol. The number of rotatable bonds is 7. The van der Waals surface area contributed by atoms with Gasteiger partial charge in [0.25, 0.3) is 0 Å². The fourth-order valence-corrected chi connectivity index (χ4v) is 2.10. The zero-order valence-electron chi connectivity index (χ0n) is 10.8. The van der Waals surface area contributed by atoms with E-state index >= 15 is 0 Å². The van der Waals surface area contributed by atoms with Gasteiger partial charge in [-0.2, -0.15) is 0 Å². The summed E-state index contributed by atoms with van der Waals surface area (Å²) in [5, 5.41) is 3.43. The van der Waals surface area contributed by atoms with Gasteiger partial charge in [-0.25, -0.2) is 4.98 Å². The summed E-state index contributed by atoms with van der Waals surface area (Å²) in [6, 6.07) is 3.79. The Balaban J connectivity index is 2.92. The van der Waals surface area contributed by atoms with Gasteiger partial charge in [0.1, 0.15) is 0 Å². The lowest BCUT2D eigenvalue weighted by Gasteiger charge is -2.31. The van der Waals surface area contributed by atoms with Crippen LogP contribution in [0.5, 0.6) is 5.75 Å². The van der Waals surface area contributed by atoms with Crippen molar-refractivity contribution in [1.29, 1.82) is 0 Å². The number of nitrogens with one attached hydrogen (secondary N) is 1. The van der Waals surface area contributed by atoms with Crippen LogP contribution in [0.4, 0.5) is 5.82 Å². The number of anilines is 1. The number of alkyl halides is 1. The van der Waals surface area contributed by atoms with E-state index in [0.29, 0.717) is 12.5 Å². The van der Waals surface area contributed by atoms with Gasteiger partial charge in [-0.05, 0) is 31.9 Å². The highest BCUT2D eigenvalue weighted by atomic mass is 35.5. The third kappa shape index (κ3) is 3.50. The summed E-state index contributed by atoms with van der Waals surface area (Å²) in [4.78, 5) is 4.33. The third-order valence-electron chi connectivity index (χ3n) is 3.06. The monoisotopic (exact) mass is 256 g/mol. The molecule has 0 bridgehead atoms. The van der Waals surface area contributed by atoms with E-state index < -0.39 is 0 Å². The molecule has 1 aromatic heterocycles. The molecular weight excluding hydrogens is 236 g/mol. The Morgan fingerprint density at radius 3 is 2.59 bits per heavy atom. The molecule has 1 rings (SSSR count). The van der Waals surface area contributed by atoms with Crippen molar-refractivity contribution in [2.45, 2.75) is 39.2 Å². The molecule has 0 atom stereocenters. The first-order valence-corrected chi connectivity index (χ1v) is 6.66. The van der Waals surface area contributed by atoms with Crippen molar-refractivity contribution in [2.24, 2.45) is 0 Å². The van der Waals surface area contributed by atoms with E-state index in [4.69, 9.17) is 16.3 Å². The van der Waals surface area contributed by atoms with Crippen molar-refractivity contribution < 1.29 is 4.74 Å². The molecule has 0 fully saturated rings. The molecule has 0 saturated heterocycles. The Labute approximate surface area is 109 Å². The van der Waals surface area contributed by atoms with Gasteiger partial charge >= 0.3 is 0 Å². The molecule has 1 N–H and O–H groups in total. The van der Waals surface area contributed by atoms with E-state index in [9.17, 15) is 0 Å². The van der Waals surface area contributed by atoms with Crippen molar-refractivity contribution >= 4 is 17.4 Å². The van der Waals surface area contributed by atoms with Crippen LogP contribution in [-0.2, 0) is 0 Å². The first-order chi connectivity index (χ1) is 8.21. The average Bonchev–Trinajstić information content (AvgIpc) is 2.38. The highest BCUT2D eigenvalue weighted by Gasteiger charge is 2.26. The number of aromatic nitrogens is 1. The van der Waals surface area contributed by atoms with E-state index in [1.807, 2.05) is 19.1 Å². The smallest absolute Gasteiger partial charge is 0.169 e. The van der Waals surface area contributed by atoms with E-state index in [0.717, 1.165) is 24.4 Å². The zero-order chi connectivity index (χ0) is 12.7. The fraction of sp³-hybridized carbons (Fsp3) is 0.615. The van der Waals surface area contributed by atoms with Crippen molar-refractivity contribution in [2.75, 3.05) is 17.8 Å². The molecular formula is C13H21ClN2O. The number of hydrogen-bond acceptors (Lipinski definition) is 3. The summed E-state index contributed by atoms with van der Waals surface area (Å²) in [5.41, 5.74) is -0.109. The summed E-state index contributed by atoms with van der Waals surface area (Å²) in [6.45, 7) is 6.85. The summed E-state index contributed by atoms with van der Waals surface area (Å²) in [5.74, 6) is 2.12. The topological polar surface area (TPSA) is 34.1 Å². The van der Waals surface area contributed by atoms with Crippen LogP contribution in [0.25, 0.3) is 0 Å². The lowest BCUT2D eigenvalue weighted by Crippen LogP contribution is -2.39. The Morgan fingerprint density at radius 1 is 1.35 bits per heavy atom. The molecule has 0 aliphatic heterocycles. The highest BCUT2D eigenvalue weighted by molar-refractivity contribution is 6.18. The van der Waals surface area contributed by atoms with Crippen LogP contribution in [0, 0.1) is 0 Å². The SMILES string of the molecule is CCOc1cccnc1NC(CC)(CC)CCl. The number of hydrogen-bond donors (Lipinski definition) is 1. The molecule has 0 saturated carbocycles. The Morgan fingerprint density at radius 2 is 2.06 bits per heavy atom. The van der Waals surface area contributed by atoms with Crippen molar-refractivity contribution in [3.63, 3.8) is 0 Å². The second-order valence-corrected chi connectivity index (χ2v) is 4.30. The van der Waals surface area contributed by atoms with E-state index in [2.05, 4.69) is 24.1 Å². The number of ether oxygens (including phenoxy) is 1. The standard InChI is InChI=1S/C13H21ClN2O/c1-4-13(5-2,10-14)16-12-11(17-6-3)8-7-9-15-12/h7-9H,4-6,10H2,1-3H3,(H,15,16). The summed E-state index contributed by atoms with van der Waals surface area (Å²) in [6.07, 6.45) is 3.67. The third-order valence-corrected chi connectivity index (χ3v) is 3.58. The van der Waals surface area contributed by atoms with E-state index in [-0.39, 0.29) is 5.54 Å². The summed E-state index contributed by atoms with van der Waals surface area (Å²) < 4.78 is 5.55. The van der Waals surface area contributed by atoms with Gasteiger partial charge in [-0.3, -0.25) is 0 Å². The molecule has 0 radical (unpaired) electrons. The van der Waals surface area contributed by atoms with Crippen molar-refractivity contribution in [3.05, 3.63) is 18.3 Å². The van der Waals surface area contributed by atoms with Gasteiger partial charge in [0.2, 0.25) is 0 Å². The lowest BCUT2D eigenvalue weighted by molar-refractivity contribution is 0.338. The minimum atomic E-state index is -0.109. The van der Waals surface area contributed by atoms with Crippen molar-refractivity contribution in [3.8, 4) is 5.75 Å². The largest absolute Gasteiger partial charge is 0.490 e. The minimum absolute atomic E-state index is 0.109. The molecule has 96 valence electrons. The van der Waals surface area contributed by atoms with Crippen LogP contribution in [0.3, 0.4) is 0 Å². The van der Waals surface area contributed by atoms with Crippen LogP contribution in [0.2, 0.25) is 0 Å². The average molecular weight is 257 g/mol. The number of nitrogens with zero attached hydrogens (tertiary/aromatic N) is 1. The molecule has 4 heteroatoms. The van der Waals surface area contributed by atoms with Crippen LogP contribution in [0.1, 0.15) is 33.6 Å². The number of pyridine rings is 1. The Bertz CT molecular complexity index is 332. The first kappa shape index (κ1) is 14.1. The predicted octanol–water partition coefficient (Wildman–Crippen LogP) is 3.69. The van der Waals surface area contributed by atoms with Crippen LogP contribution in [0.15, 0.2) is 18.3 Å². The quantitative estimate of drug-likeness (QED) is 0.756. The summed E-state index contributed by atoms with van der Waals surface area (Å²) in [7, 11) is 0. The molecule has 0 unspecified atom stereocenters. The normalized spacial score (nSPS) is 11.3. The van der Waals surface area contributed by atoms with Gasteiger partial charge in [0.15, 0.2) is 11.6 Å². The van der Waals surface area contributed by atoms with Gasteiger partial charge in [0.05, 0.1) is 12.1 Å². The van der Waals surface area contributed by atoms with E-state index in [1.165, 1.54) is 0 Å². The van der Waals surface area contributed by atoms with E-state index in [1.54, 1.807) is 6.20 Å². The molecule has 0 spiro atoms. The minimum Gasteiger partial charge on any atom is -0.490 e. The van der Waals surface area contributed by atoms with Crippen LogP contribution in [-0.4, -0.2) is 23.0 Å². The highest BCUT2D eigenvalue weighted by Crippen LogP contribution is 2.28. The molecule has 1 aromatic rings. The first-order valence-electron chi connectivity index (χ1n) is 6.13. The number of halogens is 1. The molecule has 17 heavy (non-hydrogen) atoms. The summed E-state index contributed by atoms with van der Waals surface area (Å²) >= 11 is 6.07. The fourth-order valence-electron chi connectivity index (χ4n) is 1.66. The van der Waals surface area contributed by atoms with Gasteiger partial charge in [-0.1, -0.05) is 13.8 Å². The van der Waals surface area contributed by atoms with Gasteiger partial charge < -0.3 is 10.1 Å². The molecule has 1 heterocycles. The Hall–Kier alpha value is -0.960. The lowest BCUT2D eigenvalue weighted by atomic mass is 9.95. The maximum absolute atomic E-state index is 6.07. The molecule has 0 aliphatic carbocycles. The molecule has 0 aliphatic rings. The second kappa shape index (κ2) is 6.70. The molecule has 0 aromatic carbocycles. The molecule has 0 amide bonds. The zero-order valence-corrected chi connectivity index (χ0v) is 11.5.